The monoisotopic (exact) mass is 410 g/mol. The highest BCUT2D eigenvalue weighted by molar-refractivity contribution is 5.88. The van der Waals surface area contributed by atoms with Crippen molar-refractivity contribution in [1.29, 1.82) is 0 Å². The van der Waals surface area contributed by atoms with Gasteiger partial charge >= 0.3 is 5.97 Å². The fraction of sp³-hybridized carbons (Fsp3) is 0.417. The Balaban J connectivity index is 1.60. The van der Waals surface area contributed by atoms with E-state index in [9.17, 15) is 9.59 Å². The molecule has 1 aliphatic heterocycles. The number of aryl methyl sites for hydroxylation is 2. The number of likely N-dealkylation sites (tertiary alicyclic amines) is 1. The number of benzene rings is 2. The van der Waals surface area contributed by atoms with Crippen molar-refractivity contribution >= 4 is 11.9 Å². The number of nitrogens with one attached hydrogen (secondary N) is 1. The van der Waals surface area contributed by atoms with Crippen molar-refractivity contribution in [3.63, 3.8) is 0 Å². The highest BCUT2D eigenvalue weighted by Gasteiger charge is 2.43. The van der Waals surface area contributed by atoms with Crippen LogP contribution in [0.5, 0.6) is 5.75 Å². The van der Waals surface area contributed by atoms with Crippen LogP contribution in [0.3, 0.4) is 0 Å². The lowest BCUT2D eigenvalue weighted by Crippen LogP contribution is -2.61. The summed E-state index contributed by atoms with van der Waals surface area (Å²) in [5, 5.41) is 2.91. The number of hydrogen-bond acceptors (Lipinski definition) is 5. The molecule has 0 radical (unpaired) electrons. The molecule has 1 amide bonds. The molecule has 2 aromatic carbocycles. The second-order valence-electron chi connectivity index (χ2n) is 7.89. The van der Waals surface area contributed by atoms with Crippen LogP contribution in [-0.4, -0.2) is 49.1 Å². The van der Waals surface area contributed by atoms with Crippen LogP contribution < -0.4 is 10.1 Å². The Bertz CT molecular complexity index is 854. The largest absolute Gasteiger partial charge is 0.483 e. The van der Waals surface area contributed by atoms with Gasteiger partial charge in [0.1, 0.15) is 11.3 Å². The van der Waals surface area contributed by atoms with Crippen molar-refractivity contribution in [2.45, 2.75) is 38.8 Å². The Labute approximate surface area is 178 Å². The Hall–Kier alpha value is -2.86. The van der Waals surface area contributed by atoms with Crippen molar-refractivity contribution in [1.82, 2.24) is 10.2 Å². The zero-order chi connectivity index (χ0) is 21.6. The molecule has 0 aliphatic carbocycles. The first-order valence-corrected chi connectivity index (χ1v) is 10.3. The van der Waals surface area contributed by atoms with Crippen LogP contribution in [0, 0.1) is 13.8 Å². The Morgan fingerprint density at radius 3 is 2.23 bits per heavy atom. The molecule has 0 atom stereocenters. The average Bonchev–Trinajstić information content (AvgIpc) is 2.75. The van der Waals surface area contributed by atoms with Crippen LogP contribution >= 0.6 is 0 Å². The van der Waals surface area contributed by atoms with E-state index in [1.165, 1.54) is 12.7 Å². The summed E-state index contributed by atoms with van der Waals surface area (Å²) in [5.74, 6) is -0.0145. The van der Waals surface area contributed by atoms with Crippen LogP contribution in [0.2, 0.25) is 0 Å². The molecule has 1 N–H and O–H groups in total. The van der Waals surface area contributed by atoms with E-state index in [0.717, 1.165) is 17.7 Å². The summed E-state index contributed by atoms with van der Waals surface area (Å²) < 4.78 is 10.8. The molecule has 2 aromatic rings. The normalized spacial score (nSPS) is 16.0. The van der Waals surface area contributed by atoms with E-state index in [1.807, 2.05) is 50.2 Å². The quantitative estimate of drug-likeness (QED) is 0.711. The molecule has 3 rings (SSSR count). The maximum atomic E-state index is 12.6. The summed E-state index contributed by atoms with van der Waals surface area (Å²) in [7, 11) is 1.36. The molecule has 1 fully saturated rings. The van der Waals surface area contributed by atoms with Crippen molar-refractivity contribution in [2.24, 2.45) is 0 Å². The average molecular weight is 411 g/mol. The SMILES string of the molecule is COC(=O)C1(NC(=O)COc2c(C)cccc2C)CCN(Cc2ccccc2)CC1. The lowest BCUT2D eigenvalue weighted by molar-refractivity contribution is -0.153. The third kappa shape index (κ3) is 5.19. The molecule has 1 heterocycles. The number of hydrogen-bond donors (Lipinski definition) is 1. The fourth-order valence-electron chi connectivity index (χ4n) is 3.98. The summed E-state index contributed by atoms with van der Waals surface area (Å²) in [6.45, 7) is 5.96. The van der Waals surface area contributed by atoms with Gasteiger partial charge < -0.3 is 14.8 Å². The summed E-state index contributed by atoms with van der Waals surface area (Å²) >= 11 is 0. The topological polar surface area (TPSA) is 67.9 Å². The van der Waals surface area contributed by atoms with E-state index in [1.54, 1.807) is 0 Å². The highest BCUT2D eigenvalue weighted by Crippen LogP contribution is 2.26. The number of piperidine rings is 1. The van der Waals surface area contributed by atoms with E-state index < -0.39 is 11.5 Å². The molecule has 0 aromatic heterocycles. The highest BCUT2D eigenvalue weighted by atomic mass is 16.5. The first-order valence-electron chi connectivity index (χ1n) is 10.3. The molecule has 6 heteroatoms. The van der Waals surface area contributed by atoms with Crippen molar-refractivity contribution in [2.75, 3.05) is 26.8 Å². The predicted octanol–water partition coefficient (Wildman–Crippen LogP) is 3.01. The third-order valence-corrected chi connectivity index (χ3v) is 5.67. The van der Waals surface area contributed by atoms with Crippen molar-refractivity contribution < 1.29 is 19.1 Å². The first-order chi connectivity index (χ1) is 14.4. The molecular weight excluding hydrogens is 380 g/mol. The van der Waals surface area contributed by atoms with E-state index in [0.29, 0.717) is 31.7 Å². The zero-order valence-electron chi connectivity index (χ0n) is 17.9. The van der Waals surface area contributed by atoms with Gasteiger partial charge in [-0.25, -0.2) is 4.79 Å². The minimum Gasteiger partial charge on any atom is -0.483 e. The van der Waals surface area contributed by atoms with E-state index >= 15 is 0 Å². The van der Waals surface area contributed by atoms with Gasteiger partial charge in [-0.05, 0) is 43.4 Å². The number of amides is 1. The van der Waals surface area contributed by atoms with Crippen LogP contribution in [0.4, 0.5) is 0 Å². The summed E-state index contributed by atoms with van der Waals surface area (Å²) in [5.41, 5.74) is 2.16. The van der Waals surface area contributed by atoms with Crippen LogP contribution in [0.1, 0.15) is 29.5 Å². The van der Waals surface area contributed by atoms with E-state index in [2.05, 4.69) is 22.3 Å². The van der Waals surface area contributed by atoms with Gasteiger partial charge in [-0.2, -0.15) is 0 Å². The Morgan fingerprint density at radius 2 is 1.63 bits per heavy atom. The number of rotatable bonds is 7. The standard InChI is InChI=1S/C24H30N2O4/c1-18-8-7-9-19(2)22(18)30-17-21(27)25-24(23(28)29-3)12-14-26(15-13-24)16-20-10-5-4-6-11-20/h4-11H,12-17H2,1-3H3,(H,25,27). The summed E-state index contributed by atoms with van der Waals surface area (Å²) in [6.07, 6.45) is 1.00. The van der Waals surface area contributed by atoms with Gasteiger partial charge in [0.2, 0.25) is 0 Å². The fourth-order valence-corrected chi connectivity index (χ4v) is 3.98. The van der Waals surface area contributed by atoms with E-state index in [-0.39, 0.29) is 12.5 Å². The van der Waals surface area contributed by atoms with Gasteiger partial charge in [0, 0.05) is 19.6 Å². The molecular formula is C24H30N2O4. The minimum atomic E-state index is -1.01. The summed E-state index contributed by atoms with van der Waals surface area (Å²) in [4.78, 5) is 27.5. The van der Waals surface area contributed by atoms with E-state index in [4.69, 9.17) is 9.47 Å². The number of para-hydroxylation sites is 1. The molecule has 6 nitrogen and oxygen atoms in total. The van der Waals surface area contributed by atoms with Crippen molar-refractivity contribution in [3.8, 4) is 5.75 Å². The number of carbonyl (C=O) groups is 2. The third-order valence-electron chi connectivity index (χ3n) is 5.67. The first kappa shape index (κ1) is 21.8. The number of methoxy groups -OCH3 is 1. The summed E-state index contributed by atoms with van der Waals surface area (Å²) in [6, 6.07) is 16.1. The molecule has 1 aliphatic rings. The van der Waals surface area contributed by atoms with Crippen LogP contribution in [0.15, 0.2) is 48.5 Å². The lowest BCUT2D eigenvalue weighted by Gasteiger charge is -2.40. The maximum Gasteiger partial charge on any atom is 0.331 e. The van der Waals surface area contributed by atoms with Gasteiger partial charge in [-0.15, -0.1) is 0 Å². The molecule has 0 unspecified atom stereocenters. The molecule has 1 saturated heterocycles. The lowest BCUT2D eigenvalue weighted by atomic mass is 9.87. The maximum absolute atomic E-state index is 12.6. The molecule has 160 valence electrons. The molecule has 0 saturated carbocycles. The second kappa shape index (κ2) is 9.76. The van der Waals surface area contributed by atoms with Gasteiger partial charge in [0.05, 0.1) is 7.11 Å². The van der Waals surface area contributed by atoms with Gasteiger partial charge in [0.15, 0.2) is 6.61 Å². The smallest absolute Gasteiger partial charge is 0.331 e. The van der Waals surface area contributed by atoms with Gasteiger partial charge in [0.25, 0.3) is 5.91 Å². The van der Waals surface area contributed by atoms with Crippen LogP contribution in [0.25, 0.3) is 0 Å². The van der Waals surface area contributed by atoms with Crippen molar-refractivity contribution in [3.05, 3.63) is 65.2 Å². The number of esters is 1. The molecule has 0 spiro atoms. The van der Waals surface area contributed by atoms with Gasteiger partial charge in [-0.1, -0.05) is 48.5 Å². The predicted molar refractivity (Wildman–Crippen MR) is 115 cm³/mol. The van der Waals surface area contributed by atoms with Crippen LogP contribution in [-0.2, 0) is 20.9 Å². The Kier molecular flexibility index (Phi) is 7.11. The minimum absolute atomic E-state index is 0.141. The molecule has 30 heavy (non-hydrogen) atoms. The Morgan fingerprint density at radius 1 is 1.00 bits per heavy atom. The second-order valence-corrected chi connectivity index (χ2v) is 7.89. The number of carbonyl (C=O) groups excluding carboxylic acids is 2. The van der Waals surface area contributed by atoms with Gasteiger partial charge in [-0.3, -0.25) is 9.69 Å². The zero-order valence-corrected chi connectivity index (χ0v) is 17.9. The number of nitrogens with zero attached hydrogens (tertiary/aromatic N) is 1. The number of ether oxygens (including phenoxy) is 2. The molecule has 0 bridgehead atoms.